The standard InChI is InChI=1S/C12H13ClN4O3S2/c1-7(2)17-22(19,20)12-16-15-11(21-12)14-10(18)8-3-5-9(13)6-4-8/h3-7,17H,1-2H3,(H,14,15,18). The molecular weight excluding hydrogens is 348 g/mol. The fourth-order valence-corrected chi connectivity index (χ4v) is 3.79. The Labute approximate surface area is 136 Å². The predicted molar refractivity (Wildman–Crippen MR) is 84.8 cm³/mol. The average Bonchev–Trinajstić information content (AvgIpc) is 2.87. The van der Waals surface area contributed by atoms with E-state index < -0.39 is 15.9 Å². The maximum atomic E-state index is 12.0. The molecule has 2 rings (SSSR count). The van der Waals surface area contributed by atoms with Gasteiger partial charge in [0.05, 0.1) is 0 Å². The molecular formula is C12H13ClN4O3S2. The fourth-order valence-electron chi connectivity index (χ4n) is 1.50. The van der Waals surface area contributed by atoms with Gasteiger partial charge in [0.25, 0.3) is 15.9 Å². The third-order valence-corrected chi connectivity index (χ3v) is 5.47. The molecule has 7 nitrogen and oxygen atoms in total. The number of rotatable bonds is 5. The van der Waals surface area contributed by atoms with Crippen molar-refractivity contribution < 1.29 is 13.2 Å². The molecule has 0 fully saturated rings. The molecule has 0 radical (unpaired) electrons. The summed E-state index contributed by atoms with van der Waals surface area (Å²) in [6.07, 6.45) is 0. The van der Waals surface area contributed by atoms with Gasteiger partial charge in [0, 0.05) is 16.6 Å². The summed E-state index contributed by atoms with van der Waals surface area (Å²) in [5.41, 5.74) is 0.379. The van der Waals surface area contributed by atoms with Crippen molar-refractivity contribution in [1.82, 2.24) is 14.9 Å². The summed E-state index contributed by atoms with van der Waals surface area (Å²) < 4.78 is 26.0. The van der Waals surface area contributed by atoms with Crippen molar-refractivity contribution in [2.24, 2.45) is 0 Å². The monoisotopic (exact) mass is 360 g/mol. The van der Waals surface area contributed by atoms with Gasteiger partial charge in [-0.25, -0.2) is 13.1 Å². The number of aromatic nitrogens is 2. The van der Waals surface area contributed by atoms with Crippen molar-refractivity contribution in [1.29, 1.82) is 0 Å². The molecule has 2 aromatic rings. The van der Waals surface area contributed by atoms with Gasteiger partial charge in [-0.2, -0.15) is 0 Å². The summed E-state index contributed by atoms with van der Waals surface area (Å²) in [4.78, 5) is 12.0. The van der Waals surface area contributed by atoms with Crippen molar-refractivity contribution in [3.63, 3.8) is 0 Å². The molecule has 1 aromatic carbocycles. The minimum atomic E-state index is -3.72. The van der Waals surface area contributed by atoms with Crippen molar-refractivity contribution in [3.8, 4) is 0 Å². The van der Waals surface area contributed by atoms with E-state index in [9.17, 15) is 13.2 Å². The smallest absolute Gasteiger partial charge is 0.270 e. The first kappa shape index (κ1) is 16.8. The van der Waals surface area contributed by atoms with Crippen molar-refractivity contribution in [2.45, 2.75) is 24.2 Å². The molecule has 10 heteroatoms. The number of amides is 1. The Morgan fingerprint density at radius 1 is 1.23 bits per heavy atom. The Kier molecular flexibility index (Phi) is 5.12. The first-order chi connectivity index (χ1) is 10.3. The number of halogens is 1. The lowest BCUT2D eigenvalue weighted by molar-refractivity contribution is 0.102. The van der Waals surface area contributed by atoms with Gasteiger partial charge in [0.1, 0.15) is 0 Å². The van der Waals surface area contributed by atoms with E-state index in [1.807, 2.05) is 0 Å². The lowest BCUT2D eigenvalue weighted by atomic mass is 10.2. The van der Waals surface area contributed by atoms with Crippen LogP contribution in [0.2, 0.25) is 5.02 Å². The number of hydrogen-bond acceptors (Lipinski definition) is 6. The van der Waals surface area contributed by atoms with E-state index >= 15 is 0 Å². The average molecular weight is 361 g/mol. The van der Waals surface area contributed by atoms with Crippen LogP contribution in [0.4, 0.5) is 5.13 Å². The molecule has 0 aliphatic heterocycles. The zero-order chi connectivity index (χ0) is 16.3. The number of hydrogen-bond donors (Lipinski definition) is 2. The summed E-state index contributed by atoms with van der Waals surface area (Å²) >= 11 is 6.52. The topological polar surface area (TPSA) is 101 Å². The number of carbonyl (C=O) groups excluding carboxylic acids is 1. The molecule has 0 spiro atoms. The first-order valence-corrected chi connectivity index (χ1v) is 8.88. The molecule has 0 unspecified atom stereocenters. The summed E-state index contributed by atoms with van der Waals surface area (Å²) in [7, 11) is -3.72. The van der Waals surface area contributed by atoms with E-state index in [4.69, 9.17) is 11.6 Å². The molecule has 2 N–H and O–H groups in total. The lowest BCUT2D eigenvalue weighted by Gasteiger charge is -2.05. The fraction of sp³-hybridized carbons (Fsp3) is 0.250. The lowest BCUT2D eigenvalue weighted by Crippen LogP contribution is -2.30. The van der Waals surface area contributed by atoms with Crippen molar-refractivity contribution in [3.05, 3.63) is 34.9 Å². The van der Waals surface area contributed by atoms with Gasteiger partial charge < -0.3 is 0 Å². The molecule has 118 valence electrons. The number of sulfonamides is 1. The summed E-state index contributed by atoms with van der Waals surface area (Å²) in [6.45, 7) is 3.39. The largest absolute Gasteiger partial charge is 0.296 e. The van der Waals surface area contributed by atoms with Gasteiger partial charge in [-0.3, -0.25) is 10.1 Å². The van der Waals surface area contributed by atoms with E-state index in [0.717, 1.165) is 11.3 Å². The quantitative estimate of drug-likeness (QED) is 0.795. The third kappa shape index (κ3) is 4.23. The van der Waals surface area contributed by atoms with Gasteiger partial charge in [0.2, 0.25) is 9.47 Å². The maximum absolute atomic E-state index is 12.0. The highest BCUT2D eigenvalue weighted by atomic mass is 35.5. The normalized spacial score (nSPS) is 11.6. The second-order valence-corrected chi connectivity index (χ2v) is 7.91. The Morgan fingerprint density at radius 3 is 2.45 bits per heavy atom. The van der Waals surface area contributed by atoms with Crippen LogP contribution in [0.25, 0.3) is 0 Å². The Hall–Kier alpha value is -1.55. The van der Waals surface area contributed by atoms with Gasteiger partial charge in [0.15, 0.2) is 0 Å². The van der Waals surface area contributed by atoms with Crippen LogP contribution in [0.3, 0.4) is 0 Å². The molecule has 0 aliphatic carbocycles. The van der Waals surface area contributed by atoms with Crippen LogP contribution in [-0.4, -0.2) is 30.6 Å². The van der Waals surface area contributed by atoms with Crippen LogP contribution >= 0.6 is 22.9 Å². The Bertz CT molecular complexity index is 772. The third-order valence-electron chi connectivity index (χ3n) is 2.35. The van der Waals surface area contributed by atoms with E-state index in [0.29, 0.717) is 10.6 Å². The van der Waals surface area contributed by atoms with Gasteiger partial charge in [-0.1, -0.05) is 22.9 Å². The van der Waals surface area contributed by atoms with Gasteiger partial charge in [-0.05, 0) is 38.1 Å². The number of benzene rings is 1. The SMILES string of the molecule is CC(C)NS(=O)(=O)c1nnc(NC(=O)c2ccc(Cl)cc2)s1. The second-order valence-electron chi connectivity index (χ2n) is 4.61. The van der Waals surface area contributed by atoms with Crippen LogP contribution in [0, 0.1) is 0 Å². The number of carbonyl (C=O) groups is 1. The summed E-state index contributed by atoms with van der Waals surface area (Å²) in [6, 6.07) is 6.01. The van der Waals surface area contributed by atoms with Crippen molar-refractivity contribution >= 4 is 44.0 Å². The number of anilines is 1. The maximum Gasteiger partial charge on any atom is 0.270 e. The van der Waals surface area contributed by atoms with E-state index in [2.05, 4.69) is 20.2 Å². The van der Waals surface area contributed by atoms with Crippen LogP contribution in [0.5, 0.6) is 0 Å². The van der Waals surface area contributed by atoms with Crippen LogP contribution in [0.1, 0.15) is 24.2 Å². The minimum Gasteiger partial charge on any atom is -0.296 e. The van der Waals surface area contributed by atoms with E-state index in [-0.39, 0.29) is 15.5 Å². The molecule has 0 atom stereocenters. The minimum absolute atomic E-state index is 0.101. The summed E-state index contributed by atoms with van der Waals surface area (Å²) in [5.74, 6) is -0.423. The van der Waals surface area contributed by atoms with Crippen LogP contribution < -0.4 is 10.0 Å². The molecule has 1 heterocycles. The molecule has 1 amide bonds. The molecule has 0 bridgehead atoms. The second kappa shape index (κ2) is 6.69. The van der Waals surface area contributed by atoms with E-state index in [1.165, 1.54) is 0 Å². The molecule has 0 saturated heterocycles. The zero-order valence-electron chi connectivity index (χ0n) is 11.7. The molecule has 22 heavy (non-hydrogen) atoms. The molecule has 1 aromatic heterocycles. The highest BCUT2D eigenvalue weighted by Gasteiger charge is 2.21. The number of nitrogens with one attached hydrogen (secondary N) is 2. The van der Waals surface area contributed by atoms with Crippen LogP contribution in [0.15, 0.2) is 28.6 Å². The van der Waals surface area contributed by atoms with Gasteiger partial charge >= 0.3 is 0 Å². The zero-order valence-corrected chi connectivity index (χ0v) is 14.1. The van der Waals surface area contributed by atoms with Crippen LogP contribution in [-0.2, 0) is 10.0 Å². The number of nitrogens with zero attached hydrogens (tertiary/aromatic N) is 2. The first-order valence-electron chi connectivity index (χ1n) is 6.20. The molecule has 0 saturated carbocycles. The van der Waals surface area contributed by atoms with Crippen molar-refractivity contribution in [2.75, 3.05) is 5.32 Å². The molecule has 0 aliphatic rings. The highest BCUT2D eigenvalue weighted by molar-refractivity contribution is 7.91. The summed E-state index contributed by atoms with van der Waals surface area (Å²) in [5, 5.41) is 10.4. The van der Waals surface area contributed by atoms with Gasteiger partial charge in [-0.15, -0.1) is 10.2 Å². The Morgan fingerprint density at radius 2 is 1.86 bits per heavy atom. The van der Waals surface area contributed by atoms with E-state index in [1.54, 1.807) is 38.1 Å². The predicted octanol–water partition coefficient (Wildman–Crippen LogP) is 2.13. The Balaban J connectivity index is 2.12. The highest BCUT2D eigenvalue weighted by Crippen LogP contribution is 2.21.